The Hall–Kier alpha value is -1.96. The zero-order valence-corrected chi connectivity index (χ0v) is 9.83. The Balaban J connectivity index is 3.24. The average Bonchev–Trinajstić information content (AvgIpc) is 2.41. The Morgan fingerprint density at radius 3 is 2.62 bits per heavy atom. The van der Waals surface area contributed by atoms with Crippen molar-refractivity contribution in [2.45, 2.75) is 26.3 Å². The van der Waals surface area contributed by atoms with E-state index in [1.165, 1.54) is 4.68 Å². The van der Waals surface area contributed by atoms with E-state index >= 15 is 0 Å². The second-order valence-electron chi connectivity index (χ2n) is 4.13. The summed E-state index contributed by atoms with van der Waals surface area (Å²) in [6.07, 6.45) is 5.35. The Morgan fingerprint density at radius 2 is 2.19 bits per heavy atom. The number of aromatic carboxylic acids is 1. The molecule has 0 saturated heterocycles. The second kappa shape index (κ2) is 3.89. The second-order valence-corrected chi connectivity index (χ2v) is 4.13. The Bertz CT molecular complexity index is 466. The van der Waals surface area contributed by atoms with Gasteiger partial charge in [0.25, 0.3) is 0 Å². The van der Waals surface area contributed by atoms with Crippen LogP contribution in [0.5, 0.6) is 0 Å². The molecule has 0 fully saturated rings. The summed E-state index contributed by atoms with van der Waals surface area (Å²) < 4.78 is 1.48. The normalized spacial score (nSPS) is 10.9. The zero-order chi connectivity index (χ0) is 12.5. The molecule has 5 nitrogen and oxygen atoms in total. The van der Waals surface area contributed by atoms with Crippen LogP contribution in [0, 0.1) is 19.3 Å². The predicted molar refractivity (Wildman–Crippen MR) is 61.4 cm³/mol. The van der Waals surface area contributed by atoms with Crippen molar-refractivity contribution in [3.8, 4) is 12.3 Å². The minimum Gasteiger partial charge on any atom is -0.477 e. The summed E-state index contributed by atoms with van der Waals surface area (Å²) in [4.78, 5) is 11.1. The van der Waals surface area contributed by atoms with Gasteiger partial charge >= 0.3 is 5.97 Å². The van der Waals surface area contributed by atoms with Crippen molar-refractivity contribution >= 4 is 11.8 Å². The maximum absolute atomic E-state index is 11.1. The lowest BCUT2D eigenvalue weighted by atomic mass is 10.1. The molecular weight excluding hydrogens is 206 g/mol. The topological polar surface area (TPSA) is 67.2 Å². The molecule has 1 aromatic rings. The van der Waals surface area contributed by atoms with Crippen LogP contribution in [0.3, 0.4) is 0 Å². The SMILES string of the molecule is C#CC(C)(C)Nc1c(C(=O)O)c(C)nn1C. The molecule has 0 unspecified atom stereocenters. The third-order valence-corrected chi connectivity index (χ3v) is 2.23. The number of anilines is 1. The van der Waals surface area contributed by atoms with Gasteiger partial charge in [0, 0.05) is 7.05 Å². The van der Waals surface area contributed by atoms with E-state index in [1.54, 1.807) is 27.8 Å². The molecule has 1 heterocycles. The number of carbonyl (C=O) groups is 1. The average molecular weight is 221 g/mol. The molecule has 0 aliphatic heterocycles. The first kappa shape index (κ1) is 12.1. The van der Waals surface area contributed by atoms with Crippen molar-refractivity contribution in [1.82, 2.24) is 9.78 Å². The van der Waals surface area contributed by atoms with Gasteiger partial charge in [0.2, 0.25) is 0 Å². The van der Waals surface area contributed by atoms with Gasteiger partial charge in [-0.25, -0.2) is 4.79 Å². The van der Waals surface area contributed by atoms with E-state index in [-0.39, 0.29) is 5.56 Å². The van der Waals surface area contributed by atoms with Gasteiger partial charge in [-0.05, 0) is 20.8 Å². The Morgan fingerprint density at radius 1 is 1.62 bits per heavy atom. The molecule has 0 radical (unpaired) electrons. The fourth-order valence-electron chi connectivity index (χ4n) is 1.39. The van der Waals surface area contributed by atoms with Gasteiger partial charge in [0.05, 0.1) is 11.2 Å². The lowest BCUT2D eigenvalue weighted by Crippen LogP contribution is -2.30. The smallest absolute Gasteiger partial charge is 0.341 e. The van der Waals surface area contributed by atoms with Crippen molar-refractivity contribution < 1.29 is 9.90 Å². The molecule has 0 aliphatic rings. The van der Waals surface area contributed by atoms with E-state index in [0.29, 0.717) is 11.5 Å². The number of hydrogen-bond donors (Lipinski definition) is 2. The van der Waals surface area contributed by atoms with Gasteiger partial charge in [-0.1, -0.05) is 5.92 Å². The lowest BCUT2D eigenvalue weighted by molar-refractivity contribution is 0.0697. The first-order chi connectivity index (χ1) is 7.28. The monoisotopic (exact) mass is 221 g/mol. The van der Waals surface area contributed by atoms with Crippen molar-refractivity contribution in [2.24, 2.45) is 7.05 Å². The number of rotatable bonds is 3. The summed E-state index contributed by atoms with van der Waals surface area (Å²) in [5, 5.41) is 16.1. The van der Waals surface area contributed by atoms with Gasteiger partial charge in [-0.2, -0.15) is 5.10 Å². The molecule has 0 saturated carbocycles. The summed E-state index contributed by atoms with van der Waals surface area (Å²) in [7, 11) is 1.67. The molecule has 0 spiro atoms. The molecule has 5 heteroatoms. The van der Waals surface area contributed by atoms with E-state index in [1.807, 2.05) is 0 Å². The highest BCUT2D eigenvalue weighted by Gasteiger charge is 2.24. The standard InChI is InChI=1S/C11H15N3O2/c1-6-11(3,4)12-9-8(10(15)16)7(2)13-14(9)5/h1,12H,2-5H3,(H,15,16). The highest BCUT2D eigenvalue weighted by Crippen LogP contribution is 2.22. The van der Waals surface area contributed by atoms with Crippen LogP contribution in [0.25, 0.3) is 0 Å². The molecule has 16 heavy (non-hydrogen) atoms. The summed E-state index contributed by atoms with van der Waals surface area (Å²) >= 11 is 0. The van der Waals surface area contributed by atoms with E-state index in [4.69, 9.17) is 11.5 Å². The molecular formula is C11H15N3O2. The largest absolute Gasteiger partial charge is 0.477 e. The molecule has 0 bridgehead atoms. The van der Waals surface area contributed by atoms with Crippen LogP contribution in [0.1, 0.15) is 29.9 Å². The van der Waals surface area contributed by atoms with Crippen LogP contribution in [-0.4, -0.2) is 26.4 Å². The molecule has 2 N–H and O–H groups in total. The highest BCUT2D eigenvalue weighted by molar-refractivity contribution is 5.94. The summed E-state index contributed by atoms with van der Waals surface area (Å²) in [5.41, 5.74) is 0.000830. The number of nitrogens with one attached hydrogen (secondary N) is 1. The quantitative estimate of drug-likeness (QED) is 0.754. The maximum Gasteiger partial charge on any atom is 0.341 e. The van der Waals surface area contributed by atoms with Gasteiger partial charge in [0.15, 0.2) is 0 Å². The zero-order valence-electron chi connectivity index (χ0n) is 9.83. The van der Waals surface area contributed by atoms with Crippen molar-refractivity contribution in [3.63, 3.8) is 0 Å². The van der Waals surface area contributed by atoms with E-state index < -0.39 is 11.5 Å². The van der Waals surface area contributed by atoms with Crippen LogP contribution < -0.4 is 5.32 Å². The van der Waals surface area contributed by atoms with Gasteiger partial charge in [-0.3, -0.25) is 4.68 Å². The van der Waals surface area contributed by atoms with Crippen molar-refractivity contribution in [1.29, 1.82) is 0 Å². The Labute approximate surface area is 94.5 Å². The summed E-state index contributed by atoms with van der Waals surface area (Å²) in [6.45, 7) is 5.24. The third-order valence-electron chi connectivity index (χ3n) is 2.23. The summed E-state index contributed by atoms with van der Waals surface area (Å²) in [6, 6.07) is 0. The van der Waals surface area contributed by atoms with Crippen molar-refractivity contribution in [3.05, 3.63) is 11.3 Å². The van der Waals surface area contributed by atoms with Gasteiger partial charge in [-0.15, -0.1) is 6.42 Å². The molecule has 0 atom stereocenters. The summed E-state index contributed by atoms with van der Waals surface area (Å²) in [5.74, 6) is 1.96. The number of carboxylic acid groups (broad SMARTS) is 1. The van der Waals surface area contributed by atoms with Crippen molar-refractivity contribution in [2.75, 3.05) is 5.32 Å². The van der Waals surface area contributed by atoms with Gasteiger partial charge in [0.1, 0.15) is 11.4 Å². The van der Waals surface area contributed by atoms with E-state index in [0.717, 1.165) is 0 Å². The fraction of sp³-hybridized carbons (Fsp3) is 0.455. The number of hydrogen-bond acceptors (Lipinski definition) is 3. The van der Waals surface area contributed by atoms with E-state index in [2.05, 4.69) is 16.3 Å². The first-order valence-corrected chi connectivity index (χ1v) is 4.81. The number of aromatic nitrogens is 2. The molecule has 1 aromatic heterocycles. The van der Waals surface area contributed by atoms with Gasteiger partial charge < -0.3 is 10.4 Å². The molecule has 1 rings (SSSR count). The van der Waals surface area contributed by atoms with Crippen LogP contribution in [-0.2, 0) is 7.05 Å². The van der Waals surface area contributed by atoms with Crippen LogP contribution in [0.4, 0.5) is 5.82 Å². The minimum absolute atomic E-state index is 0.158. The minimum atomic E-state index is -1.01. The molecule has 0 aromatic carbocycles. The van der Waals surface area contributed by atoms with E-state index in [9.17, 15) is 4.79 Å². The Kier molecular flexibility index (Phi) is 2.95. The highest BCUT2D eigenvalue weighted by atomic mass is 16.4. The number of aryl methyl sites for hydroxylation is 2. The van der Waals surface area contributed by atoms with Crippen LogP contribution >= 0.6 is 0 Å². The third kappa shape index (κ3) is 2.16. The number of terminal acetylenes is 1. The molecule has 0 amide bonds. The maximum atomic E-state index is 11.1. The first-order valence-electron chi connectivity index (χ1n) is 4.81. The number of carboxylic acids is 1. The van der Waals surface area contributed by atoms with Crippen LogP contribution in [0.2, 0.25) is 0 Å². The van der Waals surface area contributed by atoms with Crippen LogP contribution in [0.15, 0.2) is 0 Å². The lowest BCUT2D eigenvalue weighted by Gasteiger charge is -2.21. The molecule has 86 valence electrons. The number of nitrogens with zero attached hydrogens (tertiary/aromatic N) is 2. The predicted octanol–water partition coefficient (Wildman–Crippen LogP) is 1.25. The molecule has 0 aliphatic carbocycles. The fourth-order valence-corrected chi connectivity index (χ4v) is 1.39.